The lowest BCUT2D eigenvalue weighted by Crippen LogP contribution is -1.94. The van der Waals surface area contributed by atoms with Crippen molar-refractivity contribution in [1.29, 1.82) is 0 Å². The normalized spacial score (nSPS) is 11.3. The maximum Gasteiger partial charge on any atom is 0.0541 e. The molecule has 0 spiro atoms. The minimum Gasteiger partial charge on any atom is -0.309 e. The molecule has 0 radical (unpaired) electrons. The highest BCUT2D eigenvalue weighted by molar-refractivity contribution is 6.11. The molecule has 0 bridgehead atoms. The van der Waals surface area contributed by atoms with E-state index in [1.165, 1.54) is 122 Å². The number of benzene rings is 12. The lowest BCUT2D eigenvalue weighted by atomic mass is 9.96. The summed E-state index contributed by atoms with van der Waals surface area (Å²) < 4.78 is 2.43. The fraction of sp³-hybridized carbons (Fsp3) is 0. The molecule has 0 saturated heterocycles. The molecule has 342 valence electrons. The van der Waals surface area contributed by atoms with Gasteiger partial charge in [-0.1, -0.05) is 243 Å². The maximum absolute atomic E-state index is 2.43. The standard InChI is InChI=1S/C72H49N/c1-4-13-50(14-5-1)60-19-10-22-63(45-60)55-27-25-53(26-28-55)54-37-41-68(42-38-54)73-71-43-39-66(58-33-29-56(30-34-58)64-23-11-20-61(46-64)51-15-6-2-7-16-51)48-69(71)70-49-67(40-44-72(70)73)59-35-31-57(32-36-59)65-24-12-21-62(47-65)52-17-8-3-9-18-52/h1-49H. The van der Waals surface area contributed by atoms with E-state index in [9.17, 15) is 0 Å². The van der Waals surface area contributed by atoms with Crippen molar-refractivity contribution in [2.24, 2.45) is 0 Å². The van der Waals surface area contributed by atoms with E-state index in [4.69, 9.17) is 0 Å². The first-order chi connectivity index (χ1) is 36.1. The van der Waals surface area contributed by atoms with E-state index >= 15 is 0 Å². The fourth-order valence-electron chi connectivity index (χ4n) is 10.6. The number of hydrogen-bond acceptors (Lipinski definition) is 0. The summed E-state index contributed by atoms with van der Waals surface area (Å²) in [6.45, 7) is 0. The Bertz CT molecular complexity index is 3870. The van der Waals surface area contributed by atoms with E-state index in [1.807, 2.05) is 0 Å². The van der Waals surface area contributed by atoms with Gasteiger partial charge in [-0.05, 0) is 155 Å². The van der Waals surface area contributed by atoms with Crippen LogP contribution in [0.1, 0.15) is 0 Å². The third-order valence-electron chi connectivity index (χ3n) is 14.5. The Labute approximate surface area is 427 Å². The zero-order valence-electron chi connectivity index (χ0n) is 40.2. The first-order valence-electron chi connectivity index (χ1n) is 25.1. The SMILES string of the molecule is c1ccc(-c2cccc(-c3ccc(-c4ccc(-n5c6ccc(-c7ccc(-c8cccc(-c9ccccc9)c8)cc7)cc6c6cc(-c7ccc(-c8cccc(-c9ccccc9)c8)cc7)ccc65)cc4)cc3)c2)cc1. The Balaban J connectivity index is 0.846. The quantitative estimate of drug-likeness (QED) is 0.129. The molecule has 0 unspecified atom stereocenters. The molecule has 0 fully saturated rings. The second-order valence-corrected chi connectivity index (χ2v) is 18.9. The molecule has 0 amide bonds. The second kappa shape index (κ2) is 19.0. The molecule has 1 heterocycles. The van der Waals surface area contributed by atoms with Gasteiger partial charge in [0.15, 0.2) is 0 Å². The van der Waals surface area contributed by atoms with Gasteiger partial charge in [0, 0.05) is 16.5 Å². The van der Waals surface area contributed by atoms with Crippen molar-refractivity contribution in [2.75, 3.05) is 0 Å². The number of aromatic nitrogens is 1. The van der Waals surface area contributed by atoms with Crippen LogP contribution in [0.25, 0.3) is 128 Å². The molecular formula is C72H49N. The predicted molar refractivity (Wildman–Crippen MR) is 310 cm³/mol. The van der Waals surface area contributed by atoms with Crippen molar-refractivity contribution in [2.45, 2.75) is 0 Å². The monoisotopic (exact) mass is 927 g/mol. The number of fused-ring (bicyclic) bond motifs is 3. The Hall–Kier alpha value is -9.56. The van der Waals surface area contributed by atoms with Crippen LogP contribution in [0.3, 0.4) is 0 Å². The molecule has 1 heteroatoms. The van der Waals surface area contributed by atoms with Gasteiger partial charge in [0.1, 0.15) is 0 Å². The lowest BCUT2D eigenvalue weighted by molar-refractivity contribution is 1.18. The van der Waals surface area contributed by atoms with Crippen molar-refractivity contribution in [3.05, 3.63) is 297 Å². The summed E-state index contributed by atoms with van der Waals surface area (Å²) in [5.74, 6) is 0. The van der Waals surface area contributed by atoms with E-state index in [-0.39, 0.29) is 0 Å². The minimum atomic E-state index is 1.13. The highest BCUT2D eigenvalue weighted by Gasteiger charge is 2.16. The molecular weight excluding hydrogens is 879 g/mol. The van der Waals surface area contributed by atoms with Gasteiger partial charge < -0.3 is 4.57 Å². The summed E-state index contributed by atoms with van der Waals surface area (Å²) in [5, 5.41) is 2.44. The van der Waals surface area contributed by atoms with Crippen LogP contribution < -0.4 is 0 Å². The third-order valence-corrected chi connectivity index (χ3v) is 14.5. The molecule has 13 aromatic rings. The van der Waals surface area contributed by atoms with Crippen LogP contribution in [0.5, 0.6) is 0 Å². The van der Waals surface area contributed by atoms with Crippen LogP contribution >= 0.6 is 0 Å². The van der Waals surface area contributed by atoms with E-state index in [1.54, 1.807) is 0 Å². The van der Waals surface area contributed by atoms with E-state index in [0.717, 1.165) is 5.69 Å². The van der Waals surface area contributed by atoms with Crippen LogP contribution in [-0.2, 0) is 0 Å². The molecule has 1 aromatic heterocycles. The number of rotatable bonds is 10. The Morgan fingerprint density at radius 1 is 0.151 bits per heavy atom. The highest BCUT2D eigenvalue weighted by Crippen LogP contribution is 2.39. The third kappa shape index (κ3) is 8.64. The molecule has 0 aliphatic carbocycles. The highest BCUT2D eigenvalue weighted by atomic mass is 15.0. The number of hydrogen-bond donors (Lipinski definition) is 0. The van der Waals surface area contributed by atoms with Gasteiger partial charge >= 0.3 is 0 Å². The summed E-state index contributed by atoms with van der Waals surface area (Å²) in [6.07, 6.45) is 0. The Kier molecular flexibility index (Phi) is 11.3. The Morgan fingerprint density at radius 2 is 0.356 bits per heavy atom. The van der Waals surface area contributed by atoms with Crippen molar-refractivity contribution in [3.63, 3.8) is 0 Å². The van der Waals surface area contributed by atoms with Crippen LogP contribution in [0.2, 0.25) is 0 Å². The maximum atomic E-state index is 2.43. The van der Waals surface area contributed by atoms with Gasteiger partial charge in [-0.25, -0.2) is 0 Å². The molecule has 12 aromatic carbocycles. The summed E-state index contributed by atoms with van der Waals surface area (Å²) in [7, 11) is 0. The van der Waals surface area contributed by atoms with Gasteiger partial charge in [0.25, 0.3) is 0 Å². The average Bonchev–Trinajstić information content (AvgIpc) is 3.81. The zero-order valence-corrected chi connectivity index (χ0v) is 40.2. The van der Waals surface area contributed by atoms with Crippen LogP contribution in [-0.4, -0.2) is 4.57 Å². The van der Waals surface area contributed by atoms with Crippen molar-refractivity contribution in [1.82, 2.24) is 4.57 Å². The fourth-order valence-corrected chi connectivity index (χ4v) is 10.6. The first-order valence-corrected chi connectivity index (χ1v) is 25.1. The molecule has 0 saturated carbocycles. The van der Waals surface area contributed by atoms with Crippen molar-refractivity contribution < 1.29 is 0 Å². The predicted octanol–water partition coefficient (Wildman–Crippen LogP) is 19.8. The molecule has 0 N–H and O–H groups in total. The topological polar surface area (TPSA) is 4.93 Å². The van der Waals surface area contributed by atoms with Gasteiger partial charge in [-0.3, -0.25) is 0 Å². The zero-order chi connectivity index (χ0) is 48.5. The van der Waals surface area contributed by atoms with Gasteiger partial charge in [-0.15, -0.1) is 0 Å². The van der Waals surface area contributed by atoms with Gasteiger partial charge in [0.05, 0.1) is 11.0 Å². The lowest BCUT2D eigenvalue weighted by Gasteiger charge is -2.11. The van der Waals surface area contributed by atoms with Crippen molar-refractivity contribution >= 4 is 21.8 Å². The first kappa shape index (κ1) is 43.5. The molecule has 13 rings (SSSR count). The van der Waals surface area contributed by atoms with Crippen LogP contribution in [0.15, 0.2) is 297 Å². The second-order valence-electron chi connectivity index (χ2n) is 18.9. The summed E-state index contributed by atoms with van der Waals surface area (Å²) in [6, 6.07) is 108. The molecule has 73 heavy (non-hydrogen) atoms. The minimum absolute atomic E-state index is 1.13. The van der Waals surface area contributed by atoms with E-state index < -0.39 is 0 Å². The largest absolute Gasteiger partial charge is 0.309 e. The van der Waals surface area contributed by atoms with Gasteiger partial charge in [0.2, 0.25) is 0 Å². The van der Waals surface area contributed by atoms with E-state index in [2.05, 4.69) is 302 Å². The summed E-state index contributed by atoms with van der Waals surface area (Å²) in [5.41, 5.74) is 25.2. The van der Waals surface area contributed by atoms with Gasteiger partial charge in [-0.2, -0.15) is 0 Å². The average molecular weight is 928 g/mol. The van der Waals surface area contributed by atoms with Crippen LogP contribution in [0.4, 0.5) is 0 Å². The van der Waals surface area contributed by atoms with E-state index in [0.29, 0.717) is 0 Å². The Morgan fingerprint density at radius 3 is 0.644 bits per heavy atom. The smallest absolute Gasteiger partial charge is 0.0541 e. The number of nitrogens with zero attached hydrogens (tertiary/aromatic N) is 1. The van der Waals surface area contributed by atoms with Crippen molar-refractivity contribution in [3.8, 4) is 106 Å². The van der Waals surface area contributed by atoms with Crippen LogP contribution in [0, 0.1) is 0 Å². The molecule has 0 aliphatic heterocycles. The summed E-state index contributed by atoms with van der Waals surface area (Å²) in [4.78, 5) is 0. The summed E-state index contributed by atoms with van der Waals surface area (Å²) >= 11 is 0. The molecule has 1 nitrogen and oxygen atoms in total. The molecule has 0 aliphatic rings. The molecule has 0 atom stereocenters.